The molecule has 1 heterocycles. The highest BCUT2D eigenvalue weighted by Crippen LogP contribution is 2.71. The summed E-state index contributed by atoms with van der Waals surface area (Å²) in [5.74, 6) is 0. The highest BCUT2D eigenvalue weighted by atomic mass is 35.5. The normalized spacial score (nSPS) is 19.2. The molecule has 0 N–H and O–H groups in total. The van der Waals surface area contributed by atoms with Crippen LogP contribution in [0.1, 0.15) is 12.5 Å². The largest absolute Gasteiger partial charge is 0.104 e. The van der Waals surface area contributed by atoms with E-state index in [-0.39, 0.29) is 4.08 Å². The number of benzene rings is 1. The van der Waals surface area contributed by atoms with Crippen LogP contribution in [0.3, 0.4) is 0 Å². The van der Waals surface area contributed by atoms with Crippen LogP contribution >= 0.6 is 44.8 Å². The lowest BCUT2D eigenvalue weighted by Crippen LogP contribution is -1.95. The SMILES string of the molecule is CC1(c2ccc(Cl)c(Cl)c2)SS1. The first-order valence-electron chi connectivity index (χ1n) is 3.44. The molecule has 0 saturated carbocycles. The maximum atomic E-state index is 5.90. The molecule has 0 spiro atoms. The van der Waals surface area contributed by atoms with Crippen LogP contribution in [-0.4, -0.2) is 0 Å². The first-order chi connectivity index (χ1) is 5.62. The zero-order chi connectivity index (χ0) is 8.77. The summed E-state index contributed by atoms with van der Waals surface area (Å²) in [6, 6.07) is 5.82. The van der Waals surface area contributed by atoms with Gasteiger partial charge >= 0.3 is 0 Å². The molecule has 12 heavy (non-hydrogen) atoms. The van der Waals surface area contributed by atoms with E-state index in [0.717, 1.165) is 0 Å². The summed E-state index contributed by atoms with van der Waals surface area (Å²) in [6.07, 6.45) is 0. The zero-order valence-corrected chi connectivity index (χ0v) is 9.45. The van der Waals surface area contributed by atoms with Crippen LogP contribution < -0.4 is 0 Å². The van der Waals surface area contributed by atoms with E-state index >= 15 is 0 Å². The van der Waals surface area contributed by atoms with E-state index in [1.807, 2.05) is 39.8 Å². The smallest absolute Gasteiger partial charge is 0.0827 e. The van der Waals surface area contributed by atoms with Crippen molar-refractivity contribution in [1.82, 2.24) is 0 Å². The summed E-state index contributed by atoms with van der Waals surface area (Å²) in [6.45, 7) is 2.18. The molecular formula is C8H6Cl2S2. The average molecular weight is 237 g/mol. The van der Waals surface area contributed by atoms with Crippen molar-refractivity contribution in [3.8, 4) is 0 Å². The molecule has 0 radical (unpaired) electrons. The Morgan fingerprint density at radius 1 is 1.17 bits per heavy atom. The van der Waals surface area contributed by atoms with Crippen molar-refractivity contribution in [3.63, 3.8) is 0 Å². The Bertz CT molecular complexity index is 321. The van der Waals surface area contributed by atoms with Crippen molar-refractivity contribution in [2.45, 2.75) is 11.0 Å². The summed E-state index contributed by atoms with van der Waals surface area (Å²) in [4.78, 5) is 0. The van der Waals surface area contributed by atoms with Gasteiger partial charge in [0.25, 0.3) is 0 Å². The molecule has 0 atom stereocenters. The van der Waals surface area contributed by atoms with Gasteiger partial charge in [0.15, 0.2) is 0 Å². The average Bonchev–Trinajstić information content (AvgIpc) is 2.75. The van der Waals surface area contributed by atoms with E-state index in [1.54, 1.807) is 0 Å². The molecule has 0 bridgehead atoms. The van der Waals surface area contributed by atoms with Crippen LogP contribution in [0.4, 0.5) is 0 Å². The van der Waals surface area contributed by atoms with Crippen LogP contribution in [0, 0.1) is 0 Å². The fraction of sp³-hybridized carbons (Fsp3) is 0.250. The van der Waals surface area contributed by atoms with Crippen molar-refractivity contribution in [2.75, 3.05) is 0 Å². The lowest BCUT2D eigenvalue weighted by Gasteiger charge is -2.05. The third-order valence-corrected chi connectivity index (χ3v) is 5.65. The van der Waals surface area contributed by atoms with Crippen LogP contribution in [0.15, 0.2) is 18.2 Å². The summed E-state index contributed by atoms with van der Waals surface area (Å²) in [7, 11) is 3.71. The van der Waals surface area contributed by atoms with Crippen molar-refractivity contribution >= 4 is 44.8 Å². The van der Waals surface area contributed by atoms with Crippen LogP contribution in [0.25, 0.3) is 0 Å². The standard InChI is InChI=1S/C8H6Cl2S2/c1-8(11-12-8)5-2-3-6(9)7(10)4-5/h2-4H,1H3. The number of hydrogen-bond acceptors (Lipinski definition) is 2. The molecule has 64 valence electrons. The van der Waals surface area contributed by atoms with Crippen molar-refractivity contribution in [2.24, 2.45) is 0 Å². The second-order valence-electron chi connectivity index (χ2n) is 2.74. The van der Waals surface area contributed by atoms with Crippen molar-refractivity contribution in [3.05, 3.63) is 33.8 Å². The van der Waals surface area contributed by atoms with E-state index in [0.29, 0.717) is 10.0 Å². The van der Waals surface area contributed by atoms with Gasteiger partial charge in [-0.25, -0.2) is 0 Å². The summed E-state index contributed by atoms with van der Waals surface area (Å²) >= 11 is 11.7. The summed E-state index contributed by atoms with van der Waals surface area (Å²) in [5, 5.41) is 1.27. The van der Waals surface area contributed by atoms with Gasteiger partial charge in [-0.1, -0.05) is 50.9 Å². The van der Waals surface area contributed by atoms with Crippen LogP contribution in [0.2, 0.25) is 10.0 Å². The fourth-order valence-corrected chi connectivity index (χ4v) is 2.76. The Hall–Kier alpha value is 0.500. The first kappa shape index (κ1) is 9.07. The maximum absolute atomic E-state index is 5.90. The molecule has 1 fully saturated rings. The minimum absolute atomic E-state index is 0.216. The second kappa shape index (κ2) is 3.02. The highest BCUT2D eigenvalue weighted by molar-refractivity contribution is 8.92. The van der Waals surface area contributed by atoms with Gasteiger partial charge in [-0.3, -0.25) is 0 Å². The Kier molecular flexibility index (Phi) is 2.28. The predicted molar refractivity (Wildman–Crippen MR) is 59.0 cm³/mol. The minimum Gasteiger partial charge on any atom is -0.0827 e. The molecule has 1 aliphatic rings. The third kappa shape index (κ3) is 1.58. The molecule has 0 aliphatic carbocycles. The molecule has 2 rings (SSSR count). The molecule has 4 heteroatoms. The molecule has 1 aliphatic heterocycles. The van der Waals surface area contributed by atoms with Gasteiger partial charge in [0.05, 0.1) is 10.0 Å². The molecule has 1 saturated heterocycles. The van der Waals surface area contributed by atoms with Gasteiger partial charge < -0.3 is 0 Å². The molecule has 1 aromatic rings. The second-order valence-corrected chi connectivity index (χ2v) is 6.78. The molecule has 0 unspecified atom stereocenters. The predicted octanol–water partition coefficient (Wildman–Crippen LogP) is 4.56. The molecule has 1 aromatic carbocycles. The molecule has 0 nitrogen and oxygen atoms in total. The minimum atomic E-state index is 0.216. The van der Waals surface area contributed by atoms with Gasteiger partial charge in [-0.2, -0.15) is 0 Å². The van der Waals surface area contributed by atoms with E-state index in [9.17, 15) is 0 Å². The number of halogens is 2. The van der Waals surface area contributed by atoms with E-state index in [2.05, 4.69) is 6.92 Å². The number of hydrogen-bond donors (Lipinski definition) is 0. The van der Waals surface area contributed by atoms with Crippen LogP contribution in [0.5, 0.6) is 0 Å². The molecular weight excluding hydrogens is 231 g/mol. The lowest BCUT2D eigenvalue weighted by molar-refractivity contribution is 1.05. The fourth-order valence-electron chi connectivity index (χ4n) is 0.937. The third-order valence-electron chi connectivity index (χ3n) is 1.78. The zero-order valence-electron chi connectivity index (χ0n) is 6.30. The maximum Gasteiger partial charge on any atom is 0.104 e. The molecule has 0 aromatic heterocycles. The molecule has 0 amide bonds. The quantitative estimate of drug-likeness (QED) is 0.518. The van der Waals surface area contributed by atoms with Gasteiger partial charge in [0, 0.05) is 0 Å². The topological polar surface area (TPSA) is 0 Å². The van der Waals surface area contributed by atoms with Crippen molar-refractivity contribution in [1.29, 1.82) is 0 Å². The van der Waals surface area contributed by atoms with E-state index in [1.165, 1.54) is 5.56 Å². The monoisotopic (exact) mass is 236 g/mol. The Balaban J connectivity index is 2.41. The summed E-state index contributed by atoms with van der Waals surface area (Å²) < 4.78 is 0.216. The first-order valence-corrected chi connectivity index (χ1v) is 6.35. The van der Waals surface area contributed by atoms with Gasteiger partial charge in [0.1, 0.15) is 4.08 Å². The van der Waals surface area contributed by atoms with Gasteiger partial charge in [-0.15, -0.1) is 0 Å². The van der Waals surface area contributed by atoms with Crippen molar-refractivity contribution < 1.29 is 0 Å². The number of rotatable bonds is 1. The lowest BCUT2D eigenvalue weighted by atomic mass is 10.1. The Labute approximate surface area is 89.4 Å². The van der Waals surface area contributed by atoms with E-state index in [4.69, 9.17) is 23.2 Å². The van der Waals surface area contributed by atoms with Gasteiger partial charge in [0.2, 0.25) is 0 Å². The highest BCUT2D eigenvalue weighted by Gasteiger charge is 2.42. The van der Waals surface area contributed by atoms with E-state index < -0.39 is 0 Å². The van der Waals surface area contributed by atoms with Gasteiger partial charge in [-0.05, 0) is 24.6 Å². The Morgan fingerprint density at radius 3 is 2.33 bits per heavy atom. The van der Waals surface area contributed by atoms with Crippen LogP contribution in [-0.2, 0) is 4.08 Å². The Morgan fingerprint density at radius 2 is 1.83 bits per heavy atom. The summed E-state index contributed by atoms with van der Waals surface area (Å²) in [5.41, 5.74) is 1.24.